The number of anilines is 1. The van der Waals surface area contributed by atoms with E-state index in [4.69, 9.17) is 5.73 Å². The van der Waals surface area contributed by atoms with Gasteiger partial charge in [-0.15, -0.1) is 11.3 Å². The number of urea groups is 1. The van der Waals surface area contributed by atoms with Gasteiger partial charge in [0.05, 0.1) is 11.3 Å². The molecule has 2 amide bonds. The van der Waals surface area contributed by atoms with Gasteiger partial charge in [0.15, 0.2) is 0 Å². The van der Waals surface area contributed by atoms with Gasteiger partial charge in [0.2, 0.25) is 5.13 Å². The van der Waals surface area contributed by atoms with Crippen molar-refractivity contribution in [3.05, 3.63) is 11.6 Å². The number of primary amides is 1. The second kappa shape index (κ2) is 3.61. The van der Waals surface area contributed by atoms with Gasteiger partial charge >= 0.3 is 6.03 Å². The maximum atomic E-state index is 10.6. The Labute approximate surface area is 74.4 Å². The number of hydrogen-bond donors (Lipinski definition) is 1. The molecule has 1 aromatic rings. The number of nitrogens with two attached hydrogens (primary N) is 1. The van der Waals surface area contributed by atoms with E-state index in [1.807, 2.05) is 0 Å². The topological polar surface area (TPSA) is 99.4 Å². The Morgan fingerprint density at radius 1 is 1.83 bits per heavy atom. The third kappa shape index (κ3) is 1.78. The zero-order valence-electron chi connectivity index (χ0n) is 5.67. The highest BCUT2D eigenvalue weighted by Crippen LogP contribution is 2.17. The lowest BCUT2D eigenvalue weighted by molar-refractivity contribution is 0.256. The van der Waals surface area contributed by atoms with Crippen LogP contribution in [0.15, 0.2) is 11.6 Å². The van der Waals surface area contributed by atoms with Crippen molar-refractivity contribution in [3.8, 4) is 0 Å². The summed E-state index contributed by atoms with van der Waals surface area (Å²) in [6.45, 7) is 0. The minimum atomic E-state index is -2.71. The van der Waals surface area contributed by atoms with Gasteiger partial charge in [-0.2, -0.15) is 4.31 Å². The highest BCUT2D eigenvalue weighted by molar-refractivity contribution is 7.81. The van der Waals surface area contributed by atoms with E-state index in [-0.39, 0.29) is 5.13 Å². The summed E-state index contributed by atoms with van der Waals surface area (Å²) < 4.78 is 21.2. The van der Waals surface area contributed by atoms with Crippen LogP contribution >= 0.6 is 11.3 Å². The average molecular weight is 206 g/mol. The largest absolute Gasteiger partial charge is 0.755 e. The predicted molar refractivity (Wildman–Crippen MR) is 43.1 cm³/mol. The number of nitrogens with zero attached hydrogens (tertiary/aromatic N) is 2. The van der Waals surface area contributed by atoms with Crippen LogP contribution in [0.5, 0.6) is 0 Å². The van der Waals surface area contributed by atoms with Crippen LogP contribution in [0.1, 0.15) is 0 Å². The van der Waals surface area contributed by atoms with E-state index in [0.717, 1.165) is 11.3 Å². The van der Waals surface area contributed by atoms with Crippen LogP contribution in [0.2, 0.25) is 0 Å². The molecule has 1 rings (SSSR count). The third-order valence-electron chi connectivity index (χ3n) is 0.942. The summed E-state index contributed by atoms with van der Waals surface area (Å²) >= 11 is -1.70. The first-order chi connectivity index (χ1) is 5.63. The molecule has 0 radical (unpaired) electrons. The first kappa shape index (κ1) is 9.10. The number of hydrogen-bond acceptors (Lipinski definition) is 5. The SMILES string of the molecule is NC(=O)N(c1nccs1)S(=O)[O-]. The van der Waals surface area contributed by atoms with Crippen molar-refractivity contribution >= 4 is 33.8 Å². The lowest BCUT2D eigenvalue weighted by Gasteiger charge is -2.18. The minimum Gasteiger partial charge on any atom is -0.755 e. The van der Waals surface area contributed by atoms with Crippen LogP contribution in [0.4, 0.5) is 9.93 Å². The molecule has 0 fully saturated rings. The minimum absolute atomic E-state index is 0.0378. The Morgan fingerprint density at radius 2 is 2.50 bits per heavy atom. The molecule has 0 aliphatic rings. The number of thiazole rings is 1. The highest BCUT2D eigenvalue weighted by Gasteiger charge is 2.14. The van der Waals surface area contributed by atoms with E-state index in [2.05, 4.69) is 4.98 Å². The lowest BCUT2D eigenvalue weighted by atomic mass is 10.9. The highest BCUT2D eigenvalue weighted by atomic mass is 32.2. The molecule has 6 nitrogen and oxygen atoms in total. The van der Waals surface area contributed by atoms with Gasteiger partial charge in [0.1, 0.15) is 0 Å². The Balaban J connectivity index is 2.96. The summed E-state index contributed by atoms with van der Waals surface area (Å²) in [4.78, 5) is 14.2. The smallest absolute Gasteiger partial charge is 0.332 e. The maximum absolute atomic E-state index is 10.6. The fourth-order valence-corrected chi connectivity index (χ4v) is 1.73. The van der Waals surface area contributed by atoms with Crippen molar-refractivity contribution in [3.63, 3.8) is 0 Å². The van der Waals surface area contributed by atoms with Crippen LogP contribution in [-0.4, -0.2) is 19.8 Å². The van der Waals surface area contributed by atoms with Gasteiger partial charge in [-0.3, -0.25) is 4.21 Å². The molecule has 2 N–H and O–H groups in total. The Bertz CT molecular complexity index is 285. The molecule has 0 saturated carbocycles. The van der Waals surface area contributed by atoms with Gasteiger partial charge < -0.3 is 10.3 Å². The summed E-state index contributed by atoms with van der Waals surface area (Å²) in [5, 5.41) is 1.58. The van der Waals surface area contributed by atoms with Crippen LogP contribution in [0, 0.1) is 0 Å². The molecule has 8 heteroatoms. The summed E-state index contributed by atoms with van der Waals surface area (Å²) in [5.74, 6) is 0. The fraction of sp³-hybridized carbons (Fsp3) is 0. The summed E-state index contributed by atoms with van der Waals surface area (Å²) in [5.41, 5.74) is 4.79. The molecule has 0 bridgehead atoms. The summed E-state index contributed by atoms with van der Waals surface area (Å²) in [7, 11) is 0. The first-order valence-corrected chi connectivity index (χ1v) is 4.62. The number of amides is 2. The molecule has 1 unspecified atom stereocenters. The van der Waals surface area contributed by atoms with Crippen molar-refractivity contribution in [2.24, 2.45) is 5.73 Å². The van der Waals surface area contributed by atoms with Crippen LogP contribution in [-0.2, 0) is 11.3 Å². The van der Waals surface area contributed by atoms with Crippen molar-refractivity contribution in [1.82, 2.24) is 4.98 Å². The van der Waals surface area contributed by atoms with Crippen molar-refractivity contribution < 1.29 is 13.6 Å². The monoisotopic (exact) mass is 206 g/mol. The number of carbonyl (C=O) groups excluding carboxylic acids is 1. The van der Waals surface area contributed by atoms with E-state index in [9.17, 15) is 13.6 Å². The van der Waals surface area contributed by atoms with E-state index in [0.29, 0.717) is 4.31 Å². The maximum Gasteiger partial charge on any atom is 0.332 e. The van der Waals surface area contributed by atoms with Gasteiger partial charge in [0, 0.05) is 11.6 Å². The molecule has 66 valence electrons. The van der Waals surface area contributed by atoms with Gasteiger partial charge in [-0.05, 0) is 0 Å². The standard InChI is InChI=1S/C4H5N3O3S2/c5-3(8)7(12(9)10)4-6-1-2-11-4/h1-2H,(H2,5,8)(H,9,10)/p-1. The van der Waals surface area contributed by atoms with Gasteiger partial charge in [0.25, 0.3) is 0 Å². The molecule has 1 heterocycles. The van der Waals surface area contributed by atoms with Crippen LogP contribution in [0.25, 0.3) is 0 Å². The molecule has 0 aromatic carbocycles. The molecule has 12 heavy (non-hydrogen) atoms. The van der Waals surface area contributed by atoms with E-state index < -0.39 is 17.3 Å². The lowest BCUT2D eigenvalue weighted by Crippen LogP contribution is -2.36. The Hall–Kier alpha value is -0.990. The molecule has 0 saturated heterocycles. The Morgan fingerprint density at radius 3 is 2.83 bits per heavy atom. The summed E-state index contributed by atoms with van der Waals surface area (Å²) in [6.07, 6.45) is 1.38. The zero-order chi connectivity index (χ0) is 9.14. The van der Waals surface area contributed by atoms with Crippen molar-refractivity contribution in [2.75, 3.05) is 4.31 Å². The van der Waals surface area contributed by atoms with Crippen molar-refractivity contribution in [2.45, 2.75) is 0 Å². The molecule has 0 aliphatic heterocycles. The number of aromatic nitrogens is 1. The molecule has 0 aliphatic carbocycles. The molecular formula is C4H4N3O3S2-. The molecule has 0 spiro atoms. The second-order valence-electron chi connectivity index (χ2n) is 1.66. The number of rotatable bonds is 2. The summed E-state index contributed by atoms with van der Waals surface area (Å²) in [6, 6.07) is -1.07. The quantitative estimate of drug-likeness (QED) is 0.678. The zero-order valence-corrected chi connectivity index (χ0v) is 7.30. The third-order valence-corrected chi connectivity index (χ3v) is 2.47. The molecule has 1 atom stereocenters. The van der Waals surface area contributed by atoms with Crippen LogP contribution in [0.3, 0.4) is 0 Å². The average Bonchev–Trinajstić information content (AvgIpc) is 2.37. The van der Waals surface area contributed by atoms with Gasteiger partial charge in [-0.1, -0.05) is 0 Å². The number of carbonyl (C=O) groups is 1. The van der Waals surface area contributed by atoms with Crippen LogP contribution < -0.4 is 10.0 Å². The Kier molecular flexibility index (Phi) is 2.74. The van der Waals surface area contributed by atoms with Crippen molar-refractivity contribution in [1.29, 1.82) is 0 Å². The molecular weight excluding hydrogens is 202 g/mol. The fourth-order valence-electron chi connectivity index (χ4n) is 0.548. The van der Waals surface area contributed by atoms with E-state index >= 15 is 0 Å². The second-order valence-corrected chi connectivity index (χ2v) is 3.34. The van der Waals surface area contributed by atoms with E-state index in [1.165, 1.54) is 11.6 Å². The molecule has 1 aromatic heterocycles. The van der Waals surface area contributed by atoms with E-state index in [1.54, 1.807) is 0 Å². The normalized spacial score (nSPS) is 12.4. The first-order valence-electron chi connectivity index (χ1n) is 2.71. The van der Waals surface area contributed by atoms with Gasteiger partial charge in [-0.25, -0.2) is 9.78 Å². The predicted octanol–water partition coefficient (Wildman–Crippen LogP) is -0.178.